The Hall–Kier alpha value is -2.51. The van der Waals surface area contributed by atoms with Gasteiger partial charge in [0, 0.05) is 7.05 Å². The van der Waals surface area contributed by atoms with Crippen molar-refractivity contribution < 1.29 is 13.9 Å². The number of hydrogen-bond acceptors (Lipinski definition) is 5. The first-order chi connectivity index (χ1) is 9.16. The van der Waals surface area contributed by atoms with Gasteiger partial charge in [-0.1, -0.05) is 0 Å². The van der Waals surface area contributed by atoms with Crippen LogP contribution in [0.4, 0.5) is 4.39 Å². The molecule has 1 aromatic carbocycles. The Bertz CT molecular complexity index is 529. The van der Waals surface area contributed by atoms with Crippen LogP contribution >= 0.6 is 0 Å². The normalized spacial score (nSPS) is 10.2. The van der Waals surface area contributed by atoms with Gasteiger partial charge in [0.05, 0.1) is 6.54 Å². The van der Waals surface area contributed by atoms with Gasteiger partial charge in [-0.05, 0) is 29.5 Å². The van der Waals surface area contributed by atoms with E-state index in [0.29, 0.717) is 12.3 Å². The van der Waals surface area contributed by atoms with Crippen LogP contribution in [0.25, 0.3) is 0 Å². The van der Waals surface area contributed by atoms with E-state index in [-0.39, 0.29) is 24.2 Å². The summed E-state index contributed by atoms with van der Waals surface area (Å²) in [5.74, 6) is -0.126. The molecule has 0 fully saturated rings. The molecule has 1 aromatic heterocycles. The third-order valence-corrected chi connectivity index (χ3v) is 2.39. The molecule has 0 unspecified atom stereocenters. The summed E-state index contributed by atoms with van der Waals surface area (Å²) >= 11 is 0. The van der Waals surface area contributed by atoms with Gasteiger partial charge in [-0.2, -0.15) is 5.21 Å². The van der Waals surface area contributed by atoms with E-state index in [0.717, 1.165) is 0 Å². The first kappa shape index (κ1) is 12.9. The highest BCUT2D eigenvalue weighted by Crippen LogP contribution is 2.10. The van der Waals surface area contributed by atoms with Crippen LogP contribution in [-0.4, -0.2) is 51.6 Å². The van der Waals surface area contributed by atoms with Gasteiger partial charge in [-0.15, -0.1) is 10.2 Å². The van der Waals surface area contributed by atoms with E-state index in [2.05, 4.69) is 20.6 Å². The SMILES string of the molecule is CN(CCOc1ccc(F)cc1)C(=O)c1nn[nH]n1. The molecule has 0 radical (unpaired) electrons. The summed E-state index contributed by atoms with van der Waals surface area (Å²) in [5, 5.41) is 12.7. The number of amides is 1. The van der Waals surface area contributed by atoms with E-state index in [4.69, 9.17) is 4.74 Å². The molecule has 1 N–H and O–H groups in total. The second kappa shape index (κ2) is 5.89. The van der Waals surface area contributed by atoms with Crippen molar-refractivity contribution in [3.8, 4) is 5.75 Å². The number of aromatic amines is 1. The highest BCUT2D eigenvalue weighted by molar-refractivity contribution is 5.89. The average Bonchev–Trinajstić information content (AvgIpc) is 2.94. The van der Waals surface area contributed by atoms with Crippen LogP contribution in [0.15, 0.2) is 24.3 Å². The molecule has 100 valence electrons. The molecule has 2 rings (SSSR count). The quantitative estimate of drug-likeness (QED) is 0.850. The minimum absolute atomic E-state index is 0.00396. The highest BCUT2D eigenvalue weighted by Gasteiger charge is 2.15. The Morgan fingerprint density at radius 1 is 1.42 bits per heavy atom. The molecule has 2 aromatic rings. The van der Waals surface area contributed by atoms with E-state index in [1.54, 1.807) is 7.05 Å². The molecule has 8 heteroatoms. The van der Waals surface area contributed by atoms with Crippen molar-refractivity contribution in [2.24, 2.45) is 0 Å². The molecule has 7 nitrogen and oxygen atoms in total. The number of likely N-dealkylation sites (N-methyl/N-ethyl adjacent to an activating group) is 1. The van der Waals surface area contributed by atoms with Crippen molar-refractivity contribution in [2.45, 2.75) is 0 Å². The average molecular weight is 265 g/mol. The Labute approximate surface area is 108 Å². The van der Waals surface area contributed by atoms with Gasteiger partial charge >= 0.3 is 0 Å². The van der Waals surface area contributed by atoms with Crippen LogP contribution in [0.2, 0.25) is 0 Å². The molecule has 0 saturated carbocycles. The number of nitrogens with zero attached hydrogens (tertiary/aromatic N) is 4. The molecule has 0 aliphatic heterocycles. The van der Waals surface area contributed by atoms with Crippen molar-refractivity contribution >= 4 is 5.91 Å². The number of rotatable bonds is 5. The monoisotopic (exact) mass is 265 g/mol. The second-order valence-electron chi connectivity index (χ2n) is 3.76. The summed E-state index contributed by atoms with van der Waals surface area (Å²) in [6.45, 7) is 0.635. The van der Waals surface area contributed by atoms with E-state index in [1.807, 2.05) is 0 Å². The van der Waals surface area contributed by atoms with Crippen LogP contribution in [0.3, 0.4) is 0 Å². The fraction of sp³-hybridized carbons (Fsp3) is 0.273. The maximum absolute atomic E-state index is 12.7. The zero-order valence-electron chi connectivity index (χ0n) is 10.2. The molecule has 0 atom stereocenters. The third-order valence-electron chi connectivity index (χ3n) is 2.39. The Morgan fingerprint density at radius 2 is 2.16 bits per heavy atom. The molecule has 1 heterocycles. The largest absolute Gasteiger partial charge is 0.492 e. The standard InChI is InChI=1S/C11H12FN5O2/c1-17(11(18)10-13-15-16-14-10)6-7-19-9-4-2-8(12)3-5-9/h2-5H,6-7H2,1H3,(H,13,14,15,16). The number of halogens is 1. The number of carbonyl (C=O) groups is 1. The van der Waals surface area contributed by atoms with Crippen LogP contribution < -0.4 is 4.74 Å². The van der Waals surface area contributed by atoms with Crippen molar-refractivity contribution in [2.75, 3.05) is 20.2 Å². The highest BCUT2D eigenvalue weighted by atomic mass is 19.1. The number of nitrogens with one attached hydrogen (secondary N) is 1. The summed E-state index contributed by atoms with van der Waals surface area (Å²) in [6.07, 6.45) is 0. The molecule has 19 heavy (non-hydrogen) atoms. The van der Waals surface area contributed by atoms with Gasteiger partial charge in [0.1, 0.15) is 18.2 Å². The Morgan fingerprint density at radius 3 is 2.79 bits per heavy atom. The van der Waals surface area contributed by atoms with Crippen LogP contribution in [-0.2, 0) is 0 Å². The smallest absolute Gasteiger partial charge is 0.295 e. The molecule has 1 amide bonds. The van der Waals surface area contributed by atoms with Crippen LogP contribution in [0.5, 0.6) is 5.75 Å². The van der Waals surface area contributed by atoms with E-state index in [1.165, 1.54) is 29.2 Å². The molecular weight excluding hydrogens is 253 g/mol. The molecular formula is C11H12FN5O2. The topological polar surface area (TPSA) is 84.0 Å². The Balaban J connectivity index is 1.79. The van der Waals surface area contributed by atoms with E-state index < -0.39 is 0 Å². The predicted octanol–water partition coefficient (Wildman–Crippen LogP) is 0.490. The molecule has 0 aliphatic rings. The number of ether oxygens (including phenoxy) is 1. The number of carbonyl (C=O) groups excluding carboxylic acids is 1. The van der Waals surface area contributed by atoms with Crippen molar-refractivity contribution in [1.82, 2.24) is 25.5 Å². The zero-order valence-corrected chi connectivity index (χ0v) is 10.2. The molecule has 0 saturated heterocycles. The van der Waals surface area contributed by atoms with Crippen molar-refractivity contribution in [3.63, 3.8) is 0 Å². The number of aromatic nitrogens is 4. The van der Waals surface area contributed by atoms with Gasteiger partial charge in [-0.25, -0.2) is 4.39 Å². The summed E-state index contributed by atoms with van der Waals surface area (Å²) < 4.78 is 18.0. The van der Waals surface area contributed by atoms with Crippen molar-refractivity contribution in [3.05, 3.63) is 35.9 Å². The van der Waals surface area contributed by atoms with Gasteiger partial charge < -0.3 is 9.64 Å². The van der Waals surface area contributed by atoms with E-state index >= 15 is 0 Å². The molecule has 0 spiro atoms. The maximum Gasteiger partial charge on any atom is 0.295 e. The lowest BCUT2D eigenvalue weighted by atomic mass is 10.3. The minimum atomic E-state index is -0.351. The first-order valence-corrected chi connectivity index (χ1v) is 5.54. The summed E-state index contributed by atoms with van der Waals surface area (Å²) in [7, 11) is 1.60. The first-order valence-electron chi connectivity index (χ1n) is 5.54. The summed E-state index contributed by atoms with van der Waals surface area (Å²) in [5.41, 5.74) is 0. The van der Waals surface area contributed by atoms with Crippen LogP contribution in [0.1, 0.15) is 10.6 Å². The summed E-state index contributed by atoms with van der Waals surface area (Å²) in [6, 6.07) is 5.67. The van der Waals surface area contributed by atoms with Gasteiger partial charge in [-0.3, -0.25) is 4.79 Å². The van der Waals surface area contributed by atoms with Crippen LogP contribution in [0, 0.1) is 5.82 Å². The fourth-order valence-electron chi connectivity index (χ4n) is 1.36. The lowest BCUT2D eigenvalue weighted by molar-refractivity contribution is 0.0762. The number of hydrogen-bond donors (Lipinski definition) is 1. The maximum atomic E-state index is 12.7. The van der Waals surface area contributed by atoms with E-state index in [9.17, 15) is 9.18 Å². The fourth-order valence-corrected chi connectivity index (χ4v) is 1.36. The molecule has 0 aliphatic carbocycles. The lowest BCUT2D eigenvalue weighted by Crippen LogP contribution is -2.31. The van der Waals surface area contributed by atoms with Gasteiger partial charge in [0.25, 0.3) is 11.7 Å². The number of benzene rings is 1. The number of H-pyrrole nitrogens is 1. The van der Waals surface area contributed by atoms with Gasteiger partial charge in [0.2, 0.25) is 0 Å². The summed E-state index contributed by atoms with van der Waals surface area (Å²) in [4.78, 5) is 13.1. The molecule has 0 bridgehead atoms. The second-order valence-corrected chi connectivity index (χ2v) is 3.76. The lowest BCUT2D eigenvalue weighted by Gasteiger charge is -2.15. The zero-order chi connectivity index (χ0) is 13.7. The predicted molar refractivity (Wildman–Crippen MR) is 63.0 cm³/mol. The van der Waals surface area contributed by atoms with Gasteiger partial charge in [0.15, 0.2) is 0 Å². The minimum Gasteiger partial charge on any atom is -0.492 e. The third kappa shape index (κ3) is 3.47. The number of tetrazole rings is 1. The van der Waals surface area contributed by atoms with Crippen molar-refractivity contribution in [1.29, 1.82) is 0 Å². The Kier molecular flexibility index (Phi) is 4.01.